The fourth-order valence-corrected chi connectivity index (χ4v) is 3.14. The fraction of sp³-hybridized carbons (Fsp3) is 0.294. The molecule has 0 aliphatic carbocycles. The monoisotopic (exact) mass is 320 g/mol. The van der Waals surface area contributed by atoms with Crippen LogP contribution in [-0.4, -0.2) is 19.1 Å². The van der Waals surface area contributed by atoms with E-state index in [1.165, 1.54) is 11.1 Å². The molecule has 1 aliphatic heterocycles. The van der Waals surface area contributed by atoms with E-state index in [0.717, 1.165) is 19.6 Å². The summed E-state index contributed by atoms with van der Waals surface area (Å²) in [7, 11) is 0. The summed E-state index contributed by atoms with van der Waals surface area (Å²) in [6.45, 7) is 2.81. The van der Waals surface area contributed by atoms with Gasteiger partial charge in [-0.2, -0.15) is 0 Å². The van der Waals surface area contributed by atoms with E-state index in [-0.39, 0.29) is 0 Å². The molecule has 0 radical (unpaired) electrons. The summed E-state index contributed by atoms with van der Waals surface area (Å²) in [5.41, 5.74) is 2.54. The Morgan fingerprint density at radius 2 is 1.81 bits per heavy atom. The minimum atomic E-state index is 0.405. The van der Waals surface area contributed by atoms with E-state index in [9.17, 15) is 0 Å². The van der Waals surface area contributed by atoms with Gasteiger partial charge in [-0.15, -0.1) is 0 Å². The van der Waals surface area contributed by atoms with Crippen LogP contribution >= 0.6 is 23.2 Å². The van der Waals surface area contributed by atoms with Gasteiger partial charge in [0.15, 0.2) is 0 Å². The molecule has 0 aromatic heterocycles. The maximum absolute atomic E-state index is 6.14. The Hall–Kier alpha value is -1.06. The van der Waals surface area contributed by atoms with E-state index in [1.54, 1.807) is 0 Å². The lowest BCUT2D eigenvalue weighted by Crippen LogP contribution is -2.34. The zero-order valence-electron chi connectivity index (χ0n) is 11.7. The molecule has 1 aliphatic rings. The van der Waals surface area contributed by atoms with Gasteiger partial charge in [-0.25, -0.2) is 0 Å². The van der Waals surface area contributed by atoms with E-state index in [0.29, 0.717) is 22.0 Å². The third-order valence-electron chi connectivity index (χ3n) is 4.00. The molecule has 21 heavy (non-hydrogen) atoms. The van der Waals surface area contributed by atoms with Crippen LogP contribution in [-0.2, 0) is 6.54 Å². The van der Waals surface area contributed by atoms with E-state index >= 15 is 0 Å². The van der Waals surface area contributed by atoms with Crippen molar-refractivity contribution < 1.29 is 0 Å². The second-order valence-electron chi connectivity index (χ2n) is 5.41. The lowest BCUT2D eigenvalue weighted by Gasteiger charge is -2.21. The highest BCUT2D eigenvalue weighted by molar-refractivity contribution is 6.42. The molecule has 0 saturated carbocycles. The average Bonchev–Trinajstić information content (AvgIpc) is 2.97. The molecule has 2 nitrogen and oxygen atoms in total. The summed E-state index contributed by atoms with van der Waals surface area (Å²) in [5, 5.41) is 8.33. The van der Waals surface area contributed by atoms with Gasteiger partial charge in [0.1, 0.15) is 0 Å². The highest BCUT2D eigenvalue weighted by atomic mass is 35.5. The molecule has 2 unspecified atom stereocenters. The third-order valence-corrected chi connectivity index (χ3v) is 4.74. The Kier molecular flexibility index (Phi) is 4.81. The minimum absolute atomic E-state index is 0.405. The van der Waals surface area contributed by atoms with Crippen molar-refractivity contribution in [3.05, 3.63) is 69.7 Å². The van der Waals surface area contributed by atoms with E-state index in [2.05, 4.69) is 41.0 Å². The SMILES string of the molecule is Clc1ccc(C2CNCC2NCc2ccccc2)cc1Cl. The van der Waals surface area contributed by atoms with Gasteiger partial charge in [0.2, 0.25) is 0 Å². The number of hydrogen-bond acceptors (Lipinski definition) is 2. The Balaban J connectivity index is 1.69. The van der Waals surface area contributed by atoms with Gasteiger partial charge in [0, 0.05) is 31.6 Å². The van der Waals surface area contributed by atoms with Crippen molar-refractivity contribution in [3.63, 3.8) is 0 Å². The van der Waals surface area contributed by atoms with Crippen molar-refractivity contribution in [1.82, 2.24) is 10.6 Å². The van der Waals surface area contributed by atoms with Gasteiger partial charge >= 0.3 is 0 Å². The molecule has 0 amide bonds. The number of nitrogens with one attached hydrogen (secondary N) is 2. The van der Waals surface area contributed by atoms with E-state index < -0.39 is 0 Å². The zero-order chi connectivity index (χ0) is 14.7. The minimum Gasteiger partial charge on any atom is -0.314 e. The second kappa shape index (κ2) is 6.80. The molecule has 3 rings (SSSR count). The molecule has 2 N–H and O–H groups in total. The van der Waals surface area contributed by atoms with Crippen LogP contribution in [0.5, 0.6) is 0 Å². The molecule has 4 heteroatoms. The average molecular weight is 321 g/mol. The quantitative estimate of drug-likeness (QED) is 0.894. The van der Waals surface area contributed by atoms with Gasteiger partial charge < -0.3 is 10.6 Å². The standard InChI is InChI=1S/C17H18Cl2N2/c18-15-7-6-13(8-16(15)19)14-10-20-11-17(14)21-9-12-4-2-1-3-5-12/h1-8,14,17,20-21H,9-11H2. The predicted octanol–water partition coefficient (Wildman–Crippen LogP) is 3.84. The molecule has 0 spiro atoms. The molecule has 2 aromatic rings. The summed E-state index contributed by atoms with van der Waals surface area (Å²) in [4.78, 5) is 0. The van der Waals surface area contributed by atoms with Crippen LogP contribution in [0.4, 0.5) is 0 Å². The summed E-state index contributed by atoms with van der Waals surface area (Å²) in [6.07, 6.45) is 0. The van der Waals surface area contributed by atoms with Crippen molar-refractivity contribution in [1.29, 1.82) is 0 Å². The first-order valence-corrected chi connectivity index (χ1v) is 7.92. The molecule has 1 heterocycles. The summed E-state index contributed by atoms with van der Waals surface area (Å²) < 4.78 is 0. The van der Waals surface area contributed by atoms with Crippen molar-refractivity contribution in [3.8, 4) is 0 Å². The van der Waals surface area contributed by atoms with Crippen LogP contribution in [0.2, 0.25) is 10.0 Å². The Bertz CT molecular complexity index is 601. The molecule has 0 bridgehead atoms. The van der Waals surface area contributed by atoms with Crippen LogP contribution in [0.15, 0.2) is 48.5 Å². The van der Waals surface area contributed by atoms with Crippen LogP contribution in [0.25, 0.3) is 0 Å². The van der Waals surface area contributed by atoms with Crippen LogP contribution < -0.4 is 10.6 Å². The van der Waals surface area contributed by atoms with Crippen LogP contribution in [0, 0.1) is 0 Å². The van der Waals surface area contributed by atoms with E-state index in [4.69, 9.17) is 23.2 Å². The lowest BCUT2D eigenvalue weighted by molar-refractivity contribution is 0.503. The Morgan fingerprint density at radius 3 is 2.57 bits per heavy atom. The Labute approximate surface area is 135 Å². The number of hydrogen-bond donors (Lipinski definition) is 2. The first-order chi connectivity index (χ1) is 10.2. The number of halogens is 2. The van der Waals surface area contributed by atoms with Gasteiger partial charge in [0.05, 0.1) is 10.0 Å². The van der Waals surface area contributed by atoms with Gasteiger partial charge in [-0.05, 0) is 23.3 Å². The molecule has 2 atom stereocenters. The molecule has 110 valence electrons. The second-order valence-corrected chi connectivity index (χ2v) is 6.23. The summed E-state index contributed by atoms with van der Waals surface area (Å²) >= 11 is 12.1. The molecular formula is C17H18Cl2N2. The highest BCUT2D eigenvalue weighted by Crippen LogP contribution is 2.29. The normalized spacial score (nSPS) is 21.6. The van der Waals surface area contributed by atoms with Crippen molar-refractivity contribution in [2.75, 3.05) is 13.1 Å². The third kappa shape index (κ3) is 3.58. The van der Waals surface area contributed by atoms with E-state index in [1.807, 2.05) is 18.2 Å². The molecule has 1 saturated heterocycles. The fourth-order valence-electron chi connectivity index (χ4n) is 2.83. The smallest absolute Gasteiger partial charge is 0.0595 e. The lowest BCUT2D eigenvalue weighted by atomic mass is 9.94. The molecular weight excluding hydrogens is 303 g/mol. The summed E-state index contributed by atoms with van der Waals surface area (Å²) in [5.74, 6) is 0.420. The predicted molar refractivity (Wildman–Crippen MR) is 89.1 cm³/mol. The van der Waals surface area contributed by atoms with Gasteiger partial charge in [-0.1, -0.05) is 59.6 Å². The Morgan fingerprint density at radius 1 is 1.00 bits per heavy atom. The maximum Gasteiger partial charge on any atom is 0.0595 e. The maximum atomic E-state index is 6.14. The van der Waals surface area contributed by atoms with Crippen molar-refractivity contribution in [2.24, 2.45) is 0 Å². The highest BCUT2D eigenvalue weighted by Gasteiger charge is 2.28. The number of rotatable bonds is 4. The first kappa shape index (κ1) is 14.9. The number of benzene rings is 2. The molecule has 2 aromatic carbocycles. The zero-order valence-corrected chi connectivity index (χ0v) is 13.2. The van der Waals surface area contributed by atoms with Crippen molar-refractivity contribution >= 4 is 23.2 Å². The first-order valence-electron chi connectivity index (χ1n) is 7.17. The van der Waals surface area contributed by atoms with Crippen LogP contribution in [0.1, 0.15) is 17.0 Å². The topological polar surface area (TPSA) is 24.1 Å². The van der Waals surface area contributed by atoms with Crippen LogP contribution in [0.3, 0.4) is 0 Å². The van der Waals surface area contributed by atoms with Gasteiger partial charge in [0.25, 0.3) is 0 Å². The summed E-state index contributed by atoms with van der Waals surface area (Å²) in [6, 6.07) is 16.8. The largest absolute Gasteiger partial charge is 0.314 e. The van der Waals surface area contributed by atoms with Gasteiger partial charge in [-0.3, -0.25) is 0 Å². The molecule has 1 fully saturated rings. The van der Waals surface area contributed by atoms with Crippen molar-refractivity contribution in [2.45, 2.75) is 18.5 Å².